The number of hydrogen-bond donors (Lipinski definition) is 1. The van der Waals surface area contributed by atoms with Gasteiger partial charge in [0.15, 0.2) is 0 Å². The first-order valence-electron chi connectivity index (χ1n) is 9.78. The number of likely N-dealkylation sites (tertiary alicyclic amines) is 1. The van der Waals surface area contributed by atoms with Crippen LogP contribution in [0, 0.1) is 5.92 Å². The van der Waals surface area contributed by atoms with Crippen LogP contribution in [0.15, 0.2) is 42.7 Å². The highest BCUT2D eigenvalue weighted by Crippen LogP contribution is 2.46. The lowest BCUT2D eigenvalue weighted by atomic mass is 9.75. The maximum absolute atomic E-state index is 13.2. The molecule has 2 aromatic rings. The number of amides is 2. The lowest BCUT2D eigenvalue weighted by Crippen LogP contribution is -2.61. The van der Waals surface area contributed by atoms with Gasteiger partial charge in [-0.15, -0.1) is 0 Å². The van der Waals surface area contributed by atoms with E-state index in [2.05, 4.69) is 21.3 Å². The molecule has 3 unspecified atom stereocenters. The summed E-state index contributed by atoms with van der Waals surface area (Å²) in [5.74, 6) is 0.859. The minimum absolute atomic E-state index is 0.0615. The van der Waals surface area contributed by atoms with Crippen LogP contribution in [-0.4, -0.2) is 52.5 Å². The van der Waals surface area contributed by atoms with Crippen molar-refractivity contribution < 1.29 is 4.79 Å². The predicted molar refractivity (Wildman–Crippen MR) is 111 cm³/mol. The monoisotopic (exact) mass is 416 g/mol. The second-order valence-corrected chi connectivity index (χ2v) is 8.77. The Bertz CT molecular complexity index is 885. The Kier molecular flexibility index (Phi) is 4.69. The number of aromatic nitrogens is 1. The highest BCUT2D eigenvalue weighted by Gasteiger charge is 2.54. The number of nitrogens with zero attached hydrogens (tertiary/aromatic N) is 3. The molecule has 6 rings (SSSR count). The van der Waals surface area contributed by atoms with Gasteiger partial charge in [0, 0.05) is 36.6 Å². The molecular formula is C21H22Cl2N4O. The number of fused-ring (bicyclic) bond motifs is 2. The molecule has 0 radical (unpaired) electrons. The van der Waals surface area contributed by atoms with Gasteiger partial charge in [-0.05, 0) is 61.7 Å². The van der Waals surface area contributed by atoms with E-state index in [1.54, 1.807) is 24.4 Å². The fraction of sp³-hybridized carbons (Fsp3) is 0.429. The molecule has 146 valence electrons. The molecule has 1 N–H and O–H groups in total. The largest absolute Gasteiger partial charge is 0.322 e. The van der Waals surface area contributed by atoms with Crippen LogP contribution in [0.5, 0.6) is 0 Å². The summed E-state index contributed by atoms with van der Waals surface area (Å²) in [7, 11) is 0. The van der Waals surface area contributed by atoms with Gasteiger partial charge >= 0.3 is 6.03 Å². The molecule has 2 bridgehead atoms. The summed E-state index contributed by atoms with van der Waals surface area (Å²) >= 11 is 12.1. The molecule has 0 saturated carbocycles. The van der Waals surface area contributed by atoms with E-state index in [9.17, 15) is 4.79 Å². The van der Waals surface area contributed by atoms with Crippen LogP contribution in [0.25, 0.3) is 0 Å². The van der Waals surface area contributed by atoms with Gasteiger partial charge in [-0.3, -0.25) is 9.88 Å². The van der Waals surface area contributed by atoms with Crippen LogP contribution < -0.4 is 5.32 Å². The van der Waals surface area contributed by atoms with Crippen molar-refractivity contribution in [1.82, 2.24) is 14.8 Å². The molecule has 0 aliphatic carbocycles. The SMILES string of the molecule is O=C(Nc1ccc(Cl)c(Cl)c1)N1CC(c2cccnc2)C2C1C1CCN2CC1. The number of piperidine rings is 3. The maximum Gasteiger partial charge on any atom is 0.322 e. The topological polar surface area (TPSA) is 48.5 Å². The summed E-state index contributed by atoms with van der Waals surface area (Å²) in [4.78, 5) is 22.2. The molecule has 7 heteroatoms. The van der Waals surface area contributed by atoms with Crippen molar-refractivity contribution in [3.63, 3.8) is 0 Å². The first kappa shape index (κ1) is 18.2. The maximum atomic E-state index is 13.2. The molecule has 28 heavy (non-hydrogen) atoms. The molecule has 1 aromatic heterocycles. The number of benzene rings is 1. The molecule has 0 spiro atoms. The van der Waals surface area contributed by atoms with E-state index in [4.69, 9.17) is 23.2 Å². The van der Waals surface area contributed by atoms with Gasteiger partial charge in [-0.2, -0.15) is 0 Å². The van der Waals surface area contributed by atoms with E-state index in [1.165, 1.54) is 5.56 Å². The quantitative estimate of drug-likeness (QED) is 0.784. The van der Waals surface area contributed by atoms with Crippen LogP contribution in [0.3, 0.4) is 0 Å². The molecule has 1 aromatic carbocycles. The van der Waals surface area contributed by atoms with E-state index in [-0.39, 0.29) is 12.1 Å². The number of nitrogens with one attached hydrogen (secondary N) is 1. The normalized spacial score (nSPS) is 30.9. The van der Waals surface area contributed by atoms with Crippen LogP contribution in [-0.2, 0) is 0 Å². The first-order chi connectivity index (χ1) is 13.6. The minimum Gasteiger partial charge on any atom is -0.319 e. The molecule has 4 aliphatic rings. The fourth-order valence-electron chi connectivity index (χ4n) is 5.31. The summed E-state index contributed by atoms with van der Waals surface area (Å²) in [6.07, 6.45) is 6.08. The van der Waals surface area contributed by atoms with Gasteiger partial charge in [-0.25, -0.2) is 4.79 Å². The molecule has 5 nitrogen and oxygen atoms in total. The third kappa shape index (κ3) is 3.06. The molecule has 4 aliphatic heterocycles. The van der Waals surface area contributed by atoms with Crippen molar-refractivity contribution in [3.05, 3.63) is 58.3 Å². The van der Waals surface area contributed by atoms with Gasteiger partial charge in [-0.1, -0.05) is 29.3 Å². The van der Waals surface area contributed by atoms with Crippen molar-refractivity contribution in [2.24, 2.45) is 5.92 Å². The molecular weight excluding hydrogens is 395 g/mol. The lowest BCUT2D eigenvalue weighted by molar-refractivity contribution is 0.00493. The second-order valence-electron chi connectivity index (χ2n) is 7.96. The average molecular weight is 417 g/mol. The smallest absolute Gasteiger partial charge is 0.319 e. The Hall–Kier alpha value is -1.82. The third-order valence-corrected chi connectivity index (χ3v) is 7.28. The van der Waals surface area contributed by atoms with Crippen molar-refractivity contribution >= 4 is 34.9 Å². The number of hydrogen-bond acceptors (Lipinski definition) is 3. The average Bonchev–Trinajstić information content (AvgIpc) is 3.15. The Labute approximate surface area is 174 Å². The fourth-order valence-corrected chi connectivity index (χ4v) is 5.61. The zero-order chi connectivity index (χ0) is 19.3. The van der Waals surface area contributed by atoms with Crippen LogP contribution in [0.4, 0.5) is 10.5 Å². The first-order valence-corrected chi connectivity index (χ1v) is 10.5. The number of urea groups is 1. The number of pyridine rings is 1. The number of anilines is 1. The summed E-state index contributed by atoms with van der Waals surface area (Å²) in [5, 5.41) is 3.95. The number of carbonyl (C=O) groups is 1. The summed E-state index contributed by atoms with van der Waals surface area (Å²) in [5.41, 5.74) is 1.89. The number of halogens is 2. The molecule has 4 fully saturated rings. The Morgan fingerprint density at radius 1 is 1.11 bits per heavy atom. The van der Waals surface area contributed by atoms with Gasteiger partial charge < -0.3 is 10.2 Å². The highest BCUT2D eigenvalue weighted by molar-refractivity contribution is 6.42. The van der Waals surface area contributed by atoms with Gasteiger partial charge in [0.1, 0.15) is 0 Å². The molecule has 4 saturated heterocycles. The Morgan fingerprint density at radius 3 is 2.64 bits per heavy atom. The Morgan fingerprint density at radius 2 is 1.93 bits per heavy atom. The van der Waals surface area contributed by atoms with Crippen molar-refractivity contribution in [3.8, 4) is 0 Å². The lowest BCUT2D eigenvalue weighted by Gasteiger charge is -2.51. The van der Waals surface area contributed by atoms with Crippen molar-refractivity contribution in [1.29, 1.82) is 0 Å². The van der Waals surface area contributed by atoms with E-state index in [1.807, 2.05) is 17.2 Å². The highest BCUT2D eigenvalue weighted by atomic mass is 35.5. The Balaban J connectivity index is 1.43. The van der Waals surface area contributed by atoms with E-state index >= 15 is 0 Å². The molecule has 2 amide bonds. The zero-order valence-electron chi connectivity index (χ0n) is 15.4. The standard InChI is InChI=1S/C21H22Cl2N4O/c22-17-4-3-15(10-18(17)23)25-21(28)27-12-16(14-2-1-7-24-11-14)20-19(27)13-5-8-26(20)9-6-13/h1-4,7,10-11,13,16,19-20H,5-6,8-9,12H2,(H,25,28). The van der Waals surface area contributed by atoms with Crippen LogP contribution in [0.1, 0.15) is 24.3 Å². The zero-order valence-corrected chi connectivity index (χ0v) is 16.9. The predicted octanol–water partition coefficient (Wildman–Crippen LogP) is 4.48. The third-order valence-electron chi connectivity index (χ3n) is 6.54. The number of rotatable bonds is 2. The second kappa shape index (κ2) is 7.21. The van der Waals surface area contributed by atoms with E-state index in [0.717, 1.165) is 25.9 Å². The minimum atomic E-state index is -0.0615. The summed E-state index contributed by atoms with van der Waals surface area (Å²) in [6.45, 7) is 2.97. The van der Waals surface area contributed by atoms with Crippen LogP contribution >= 0.6 is 23.2 Å². The van der Waals surface area contributed by atoms with E-state index in [0.29, 0.717) is 40.2 Å². The van der Waals surface area contributed by atoms with Crippen LogP contribution in [0.2, 0.25) is 10.0 Å². The van der Waals surface area contributed by atoms with Gasteiger partial charge in [0.2, 0.25) is 0 Å². The molecule has 3 atom stereocenters. The van der Waals surface area contributed by atoms with Crippen molar-refractivity contribution in [2.75, 3.05) is 25.0 Å². The molecule has 5 heterocycles. The summed E-state index contributed by atoms with van der Waals surface area (Å²) < 4.78 is 0. The van der Waals surface area contributed by atoms with Gasteiger partial charge in [0.25, 0.3) is 0 Å². The number of carbonyl (C=O) groups excluding carboxylic acids is 1. The van der Waals surface area contributed by atoms with Crippen molar-refractivity contribution in [2.45, 2.75) is 30.8 Å². The van der Waals surface area contributed by atoms with E-state index < -0.39 is 0 Å². The summed E-state index contributed by atoms with van der Waals surface area (Å²) in [6, 6.07) is 9.87. The van der Waals surface area contributed by atoms with Gasteiger partial charge in [0.05, 0.1) is 16.1 Å².